The minimum atomic E-state index is -0.0376. The van der Waals surface area contributed by atoms with Crippen LogP contribution in [0.4, 0.5) is 0 Å². The normalized spacial score (nSPS) is 12.1. The highest BCUT2D eigenvalue weighted by molar-refractivity contribution is 7.99. The smallest absolute Gasteiger partial charge is 0.230 e. The van der Waals surface area contributed by atoms with Crippen LogP contribution in [0.5, 0.6) is 0 Å². The first-order valence-electron chi connectivity index (χ1n) is 9.73. The molecule has 6 heteroatoms. The number of nitrogens with zero attached hydrogens (tertiary/aromatic N) is 3. The molecule has 29 heavy (non-hydrogen) atoms. The molecule has 0 aliphatic carbocycles. The van der Waals surface area contributed by atoms with Crippen molar-refractivity contribution < 1.29 is 4.79 Å². The van der Waals surface area contributed by atoms with Crippen LogP contribution in [0.1, 0.15) is 40.8 Å². The number of carbonyl (C=O) groups excluding carboxylic acids is 1. The van der Waals surface area contributed by atoms with Gasteiger partial charge in [-0.3, -0.25) is 4.79 Å². The molecule has 0 fully saturated rings. The predicted molar refractivity (Wildman–Crippen MR) is 119 cm³/mol. The fourth-order valence-corrected chi connectivity index (χ4v) is 4.16. The van der Waals surface area contributed by atoms with Gasteiger partial charge in [-0.1, -0.05) is 48.2 Å². The molecule has 0 radical (unpaired) electrons. The molecule has 0 saturated carbocycles. The number of amides is 1. The van der Waals surface area contributed by atoms with E-state index in [1.807, 2.05) is 36.7 Å². The van der Waals surface area contributed by atoms with Crippen LogP contribution in [-0.4, -0.2) is 26.4 Å². The van der Waals surface area contributed by atoms with Crippen LogP contribution in [0.2, 0.25) is 0 Å². The summed E-state index contributed by atoms with van der Waals surface area (Å²) in [6.45, 7) is 10.4. The van der Waals surface area contributed by atoms with E-state index in [1.165, 1.54) is 28.5 Å². The lowest BCUT2D eigenvalue weighted by Crippen LogP contribution is -2.28. The Morgan fingerprint density at radius 2 is 1.72 bits per heavy atom. The second kappa shape index (κ2) is 8.82. The SMILES string of the molecule is Cc1cc(C)c([C@H](C)NC(=O)CSc2nnc(-c3ccccc3C)n2C)cc1C. The average molecular weight is 409 g/mol. The Labute approximate surface area is 176 Å². The highest BCUT2D eigenvalue weighted by Gasteiger charge is 2.16. The topological polar surface area (TPSA) is 59.8 Å². The number of carbonyl (C=O) groups is 1. The van der Waals surface area contributed by atoms with E-state index >= 15 is 0 Å². The van der Waals surface area contributed by atoms with Crippen LogP contribution in [0.25, 0.3) is 11.4 Å². The molecular weight excluding hydrogens is 380 g/mol. The molecular formula is C23H28N4OS. The molecule has 5 nitrogen and oxygen atoms in total. The largest absolute Gasteiger partial charge is 0.349 e. The lowest BCUT2D eigenvalue weighted by molar-refractivity contribution is -0.119. The summed E-state index contributed by atoms with van der Waals surface area (Å²) in [5, 5.41) is 12.4. The average Bonchev–Trinajstić information content (AvgIpc) is 3.03. The Morgan fingerprint density at radius 3 is 2.45 bits per heavy atom. The van der Waals surface area contributed by atoms with Crippen LogP contribution in [0.15, 0.2) is 41.6 Å². The molecule has 1 aromatic heterocycles. The molecule has 0 aliphatic heterocycles. The van der Waals surface area contributed by atoms with E-state index in [9.17, 15) is 4.79 Å². The Kier molecular flexibility index (Phi) is 6.42. The van der Waals surface area contributed by atoms with Gasteiger partial charge in [0.2, 0.25) is 5.91 Å². The lowest BCUT2D eigenvalue weighted by Gasteiger charge is -2.18. The summed E-state index contributed by atoms with van der Waals surface area (Å²) in [6.07, 6.45) is 0. The third-order valence-corrected chi connectivity index (χ3v) is 6.30. The molecule has 0 saturated heterocycles. The van der Waals surface area contributed by atoms with Crippen molar-refractivity contribution in [1.82, 2.24) is 20.1 Å². The van der Waals surface area contributed by atoms with E-state index in [0.717, 1.165) is 27.7 Å². The van der Waals surface area contributed by atoms with Gasteiger partial charge in [0.05, 0.1) is 11.8 Å². The number of benzene rings is 2. The van der Waals surface area contributed by atoms with Crippen molar-refractivity contribution in [2.75, 3.05) is 5.75 Å². The van der Waals surface area contributed by atoms with Gasteiger partial charge in [-0.05, 0) is 62.4 Å². The summed E-state index contributed by atoms with van der Waals surface area (Å²) in [6, 6.07) is 12.4. The first-order chi connectivity index (χ1) is 13.8. The van der Waals surface area contributed by atoms with Gasteiger partial charge in [-0.25, -0.2) is 0 Å². The predicted octanol–water partition coefficient (Wildman–Crippen LogP) is 4.69. The van der Waals surface area contributed by atoms with Gasteiger partial charge in [-0.15, -0.1) is 10.2 Å². The highest BCUT2D eigenvalue weighted by Crippen LogP contribution is 2.25. The number of nitrogens with one attached hydrogen (secondary N) is 1. The first kappa shape index (κ1) is 21.1. The fraction of sp³-hybridized carbons (Fsp3) is 0.348. The van der Waals surface area contributed by atoms with Crippen LogP contribution < -0.4 is 5.32 Å². The number of rotatable bonds is 6. The maximum atomic E-state index is 12.5. The van der Waals surface area contributed by atoms with Gasteiger partial charge in [0, 0.05) is 12.6 Å². The van der Waals surface area contributed by atoms with Crippen molar-refractivity contribution in [3.8, 4) is 11.4 Å². The van der Waals surface area contributed by atoms with Crippen LogP contribution in [-0.2, 0) is 11.8 Å². The van der Waals surface area contributed by atoms with Gasteiger partial charge in [0.15, 0.2) is 11.0 Å². The van der Waals surface area contributed by atoms with Gasteiger partial charge >= 0.3 is 0 Å². The maximum Gasteiger partial charge on any atom is 0.230 e. The summed E-state index contributed by atoms with van der Waals surface area (Å²) in [4.78, 5) is 12.5. The van der Waals surface area contributed by atoms with Crippen LogP contribution in [0.3, 0.4) is 0 Å². The molecule has 1 N–H and O–H groups in total. The van der Waals surface area contributed by atoms with E-state index < -0.39 is 0 Å². The maximum absolute atomic E-state index is 12.5. The van der Waals surface area contributed by atoms with E-state index in [0.29, 0.717) is 5.75 Å². The fourth-order valence-electron chi connectivity index (χ4n) is 3.44. The Balaban J connectivity index is 1.64. The molecule has 1 atom stereocenters. The molecule has 1 amide bonds. The Hall–Kier alpha value is -2.60. The van der Waals surface area contributed by atoms with E-state index in [-0.39, 0.29) is 11.9 Å². The highest BCUT2D eigenvalue weighted by atomic mass is 32.2. The standard InChI is InChI=1S/C23H28N4OS/c1-14-9-7-8-10-19(14)22-25-26-23(27(22)6)29-13-21(28)24-18(5)20-12-16(3)15(2)11-17(20)4/h7-12,18H,13H2,1-6H3,(H,24,28)/t18-/m0/s1. The van der Waals surface area contributed by atoms with Crippen molar-refractivity contribution in [3.05, 3.63) is 64.2 Å². The second-order valence-corrected chi connectivity index (χ2v) is 8.49. The lowest BCUT2D eigenvalue weighted by atomic mass is 9.96. The van der Waals surface area contributed by atoms with Crippen molar-refractivity contribution in [3.63, 3.8) is 0 Å². The van der Waals surface area contributed by atoms with E-state index in [1.54, 1.807) is 0 Å². The van der Waals surface area contributed by atoms with Crippen molar-refractivity contribution >= 4 is 17.7 Å². The zero-order valence-electron chi connectivity index (χ0n) is 17.9. The van der Waals surface area contributed by atoms with E-state index in [4.69, 9.17) is 0 Å². The first-order valence-corrected chi connectivity index (χ1v) is 10.7. The summed E-state index contributed by atoms with van der Waals surface area (Å²) in [5.74, 6) is 1.10. The summed E-state index contributed by atoms with van der Waals surface area (Å²) in [5.41, 5.74) is 7.07. The Morgan fingerprint density at radius 1 is 1.03 bits per heavy atom. The number of aryl methyl sites for hydroxylation is 4. The number of hydrogen-bond acceptors (Lipinski definition) is 4. The number of aromatic nitrogens is 3. The number of hydrogen-bond donors (Lipinski definition) is 1. The minimum Gasteiger partial charge on any atom is -0.349 e. The van der Waals surface area contributed by atoms with E-state index in [2.05, 4.69) is 61.4 Å². The summed E-state index contributed by atoms with van der Waals surface area (Å²) in [7, 11) is 1.93. The van der Waals surface area contributed by atoms with Gasteiger partial charge in [0.1, 0.15) is 0 Å². The minimum absolute atomic E-state index is 0.0134. The molecule has 0 aliphatic rings. The summed E-state index contributed by atoms with van der Waals surface area (Å²) < 4.78 is 1.94. The molecule has 0 unspecified atom stereocenters. The van der Waals surface area contributed by atoms with Crippen molar-refractivity contribution in [2.24, 2.45) is 7.05 Å². The Bertz CT molecular complexity index is 1040. The molecule has 152 valence electrons. The van der Waals surface area contributed by atoms with Crippen LogP contribution >= 0.6 is 11.8 Å². The monoisotopic (exact) mass is 408 g/mol. The quantitative estimate of drug-likeness (QED) is 0.602. The van der Waals surface area contributed by atoms with Gasteiger partial charge in [-0.2, -0.15) is 0 Å². The van der Waals surface area contributed by atoms with Crippen molar-refractivity contribution in [1.29, 1.82) is 0 Å². The molecule has 3 aromatic rings. The third kappa shape index (κ3) is 4.70. The van der Waals surface area contributed by atoms with Gasteiger partial charge < -0.3 is 9.88 Å². The molecule has 1 heterocycles. The summed E-state index contributed by atoms with van der Waals surface area (Å²) >= 11 is 1.40. The molecule has 3 rings (SSSR count). The third-order valence-electron chi connectivity index (χ3n) is 5.28. The van der Waals surface area contributed by atoms with Crippen molar-refractivity contribution in [2.45, 2.75) is 45.8 Å². The zero-order chi connectivity index (χ0) is 21.1. The molecule has 0 bridgehead atoms. The second-order valence-electron chi connectivity index (χ2n) is 7.55. The molecule has 0 spiro atoms. The van der Waals surface area contributed by atoms with Gasteiger partial charge in [0.25, 0.3) is 0 Å². The molecule has 2 aromatic carbocycles. The van der Waals surface area contributed by atoms with Crippen LogP contribution in [0, 0.1) is 27.7 Å². The number of thioether (sulfide) groups is 1. The zero-order valence-corrected chi connectivity index (χ0v) is 18.7.